The van der Waals surface area contributed by atoms with Crippen LogP contribution in [0, 0.1) is 0 Å². The fourth-order valence-electron chi connectivity index (χ4n) is 3.29. The van der Waals surface area contributed by atoms with E-state index in [0.717, 1.165) is 6.54 Å². The molecular formula is C18H25N5O2S. The Balaban J connectivity index is 1.66. The molecular weight excluding hydrogens is 350 g/mol. The van der Waals surface area contributed by atoms with Crippen molar-refractivity contribution >= 4 is 23.2 Å². The fourth-order valence-corrected chi connectivity index (χ4v) is 3.95. The average molecular weight is 375 g/mol. The number of carbonyl (C=O) groups excluding carboxylic acids is 2. The highest BCUT2D eigenvalue weighted by Crippen LogP contribution is 2.22. The molecule has 0 saturated carbocycles. The topological polar surface area (TPSA) is 79.3 Å². The second-order valence-electron chi connectivity index (χ2n) is 6.46. The van der Waals surface area contributed by atoms with Gasteiger partial charge in [-0.25, -0.2) is 0 Å². The summed E-state index contributed by atoms with van der Waals surface area (Å²) >= 11 is 1.65. The molecule has 0 bridgehead atoms. The summed E-state index contributed by atoms with van der Waals surface area (Å²) in [5.41, 5.74) is 1.75. The van der Waals surface area contributed by atoms with Gasteiger partial charge in [0.25, 0.3) is 5.91 Å². The van der Waals surface area contributed by atoms with Crippen LogP contribution in [0.3, 0.4) is 0 Å². The van der Waals surface area contributed by atoms with Crippen LogP contribution < -0.4 is 10.6 Å². The summed E-state index contributed by atoms with van der Waals surface area (Å²) in [7, 11) is 0. The van der Waals surface area contributed by atoms with Crippen molar-refractivity contribution in [2.75, 3.05) is 13.1 Å². The maximum absolute atomic E-state index is 12.5. The van der Waals surface area contributed by atoms with Gasteiger partial charge in [0.2, 0.25) is 5.91 Å². The van der Waals surface area contributed by atoms with E-state index in [4.69, 9.17) is 0 Å². The van der Waals surface area contributed by atoms with E-state index in [2.05, 4.69) is 32.1 Å². The Labute approximate surface area is 157 Å². The Morgan fingerprint density at radius 1 is 1.38 bits per heavy atom. The number of aromatic nitrogens is 2. The Morgan fingerprint density at radius 2 is 2.23 bits per heavy atom. The fraction of sp³-hybridized carbons (Fsp3) is 0.500. The lowest BCUT2D eigenvalue weighted by Gasteiger charge is -2.22. The van der Waals surface area contributed by atoms with E-state index in [1.54, 1.807) is 28.4 Å². The van der Waals surface area contributed by atoms with Gasteiger partial charge in [-0.3, -0.25) is 19.2 Å². The van der Waals surface area contributed by atoms with E-state index in [9.17, 15) is 9.59 Å². The quantitative estimate of drug-likeness (QED) is 0.768. The number of nitrogens with one attached hydrogen (secondary N) is 2. The molecule has 8 heteroatoms. The van der Waals surface area contributed by atoms with Gasteiger partial charge in [0.15, 0.2) is 0 Å². The molecule has 3 rings (SSSR count). The van der Waals surface area contributed by atoms with Crippen LogP contribution in [0.1, 0.15) is 36.2 Å². The summed E-state index contributed by atoms with van der Waals surface area (Å²) in [6.07, 6.45) is 3.94. The number of hydrogen-bond acceptors (Lipinski definition) is 5. The summed E-state index contributed by atoms with van der Waals surface area (Å²) in [5, 5.41) is 14.2. The second-order valence-corrected chi connectivity index (χ2v) is 7.24. The molecule has 1 aliphatic heterocycles. The van der Waals surface area contributed by atoms with Crippen LogP contribution in [-0.4, -0.2) is 51.7 Å². The number of likely N-dealkylation sites (tertiary alicyclic amines) is 1. The van der Waals surface area contributed by atoms with Gasteiger partial charge in [0, 0.05) is 38.4 Å². The lowest BCUT2D eigenvalue weighted by molar-refractivity contribution is -0.125. The molecule has 7 nitrogen and oxygen atoms in total. The van der Waals surface area contributed by atoms with E-state index < -0.39 is 0 Å². The maximum atomic E-state index is 12.5. The second kappa shape index (κ2) is 8.46. The largest absolute Gasteiger partial charge is 0.355 e. The lowest BCUT2D eigenvalue weighted by atomic mass is 10.1. The predicted octanol–water partition coefficient (Wildman–Crippen LogP) is 1.47. The van der Waals surface area contributed by atoms with Crippen LogP contribution in [0.4, 0.5) is 0 Å². The van der Waals surface area contributed by atoms with Crippen molar-refractivity contribution in [1.29, 1.82) is 0 Å². The lowest BCUT2D eigenvalue weighted by Crippen LogP contribution is -2.42. The molecule has 0 aromatic carbocycles. The van der Waals surface area contributed by atoms with Gasteiger partial charge < -0.3 is 10.6 Å². The Bertz CT molecular complexity index is 743. The number of nitrogens with zero attached hydrogens (tertiary/aromatic N) is 3. The van der Waals surface area contributed by atoms with Crippen molar-refractivity contribution in [2.45, 2.75) is 45.4 Å². The van der Waals surface area contributed by atoms with E-state index in [-0.39, 0.29) is 23.9 Å². The number of amides is 2. The summed E-state index contributed by atoms with van der Waals surface area (Å²) in [5.74, 6) is -0.111. The first kappa shape index (κ1) is 18.6. The van der Waals surface area contributed by atoms with Crippen LogP contribution in [0.2, 0.25) is 0 Å². The van der Waals surface area contributed by atoms with Crippen LogP contribution in [0.15, 0.2) is 29.2 Å². The summed E-state index contributed by atoms with van der Waals surface area (Å²) in [4.78, 5) is 27.1. The smallest absolute Gasteiger partial charge is 0.254 e. The Morgan fingerprint density at radius 3 is 2.88 bits per heavy atom. The van der Waals surface area contributed by atoms with Crippen molar-refractivity contribution < 1.29 is 9.59 Å². The molecule has 0 radical (unpaired) electrons. The van der Waals surface area contributed by atoms with Gasteiger partial charge in [0.1, 0.15) is 0 Å². The van der Waals surface area contributed by atoms with Crippen molar-refractivity contribution in [1.82, 2.24) is 25.3 Å². The monoisotopic (exact) mass is 375 g/mol. The van der Waals surface area contributed by atoms with Crippen LogP contribution in [0.5, 0.6) is 0 Å². The van der Waals surface area contributed by atoms with Gasteiger partial charge >= 0.3 is 0 Å². The highest BCUT2D eigenvalue weighted by molar-refractivity contribution is 7.07. The van der Waals surface area contributed by atoms with Crippen molar-refractivity contribution in [3.8, 4) is 0 Å². The first-order chi connectivity index (χ1) is 12.6. The molecule has 2 atom stereocenters. The van der Waals surface area contributed by atoms with Crippen molar-refractivity contribution in [2.24, 2.45) is 0 Å². The number of thiophene rings is 1. The molecule has 2 unspecified atom stereocenters. The van der Waals surface area contributed by atoms with Gasteiger partial charge in [-0.2, -0.15) is 16.4 Å². The molecule has 1 saturated heterocycles. The molecule has 1 fully saturated rings. The minimum atomic E-state index is -0.224. The number of rotatable bonds is 7. The van der Waals surface area contributed by atoms with Gasteiger partial charge in [-0.05, 0) is 42.7 Å². The van der Waals surface area contributed by atoms with Gasteiger partial charge in [0.05, 0.1) is 17.8 Å². The zero-order valence-corrected chi connectivity index (χ0v) is 16.0. The summed E-state index contributed by atoms with van der Waals surface area (Å²) in [6.45, 7) is 6.60. The van der Waals surface area contributed by atoms with E-state index >= 15 is 0 Å². The molecule has 2 N–H and O–H groups in total. The molecule has 2 amide bonds. The number of aryl methyl sites for hydroxylation is 1. The Kier molecular flexibility index (Phi) is 6.05. The van der Waals surface area contributed by atoms with E-state index in [0.29, 0.717) is 31.6 Å². The van der Waals surface area contributed by atoms with E-state index in [1.165, 1.54) is 5.56 Å². The number of likely N-dealkylation sites (N-methyl/N-ethyl adjacent to an activating group) is 1. The molecule has 26 heavy (non-hydrogen) atoms. The maximum Gasteiger partial charge on any atom is 0.254 e. The molecule has 1 aliphatic rings. The molecule has 0 spiro atoms. The Hall–Kier alpha value is -2.19. The number of carbonyl (C=O) groups is 2. The predicted molar refractivity (Wildman–Crippen MR) is 101 cm³/mol. The summed E-state index contributed by atoms with van der Waals surface area (Å²) in [6, 6.07) is 1.79. The first-order valence-electron chi connectivity index (χ1n) is 8.96. The highest BCUT2D eigenvalue weighted by Gasteiger charge is 2.37. The van der Waals surface area contributed by atoms with E-state index in [1.807, 2.05) is 19.2 Å². The average Bonchev–Trinajstić information content (AvgIpc) is 3.35. The summed E-state index contributed by atoms with van der Waals surface area (Å²) < 4.78 is 1.73. The molecule has 3 heterocycles. The molecule has 0 aliphatic carbocycles. The van der Waals surface area contributed by atoms with Gasteiger partial charge in [-0.1, -0.05) is 0 Å². The van der Waals surface area contributed by atoms with Crippen molar-refractivity contribution in [3.05, 3.63) is 40.3 Å². The first-order valence-corrected chi connectivity index (χ1v) is 9.91. The minimum Gasteiger partial charge on any atom is -0.355 e. The molecule has 2 aromatic heterocycles. The third-order valence-corrected chi connectivity index (χ3v) is 5.31. The normalized spacial score (nSPS) is 20.2. The zero-order chi connectivity index (χ0) is 18.5. The van der Waals surface area contributed by atoms with Crippen LogP contribution in [0.25, 0.3) is 0 Å². The molecule has 140 valence electrons. The number of hydrogen-bond donors (Lipinski definition) is 2. The SMILES string of the molecule is CCNC(=O)C1CC(NC(=O)c2cnn(CC)c2)CN1Cc1ccsc1. The van der Waals surface area contributed by atoms with Crippen molar-refractivity contribution in [3.63, 3.8) is 0 Å². The molecule has 2 aromatic rings. The van der Waals surface area contributed by atoms with Crippen LogP contribution in [-0.2, 0) is 17.9 Å². The van der Waals surface area contributed by atoms with Crippen LogP contribution >= 0.6 is 11.3 Å². The van der Waals surface area contributed by atoms with Gasteiger partial charge in [-0.15, -0.1) is 0 Å². The standard InChI is InChI=1S/C18H25N5O2S/c1-3-19-18(25)16-7-15(11-22(16)9-13-5-6-26-12-13)21-17(24)14-8-20-23(4-2)10-14/h5-6,8,10,12,15-16H,3-4,7,9,11H2,1-2H3,(H,19,25)(H,21,24). The minimum absolute atomic E-state index is 0.0262. The zero-order valence-electron chi connectivity index (χ0n) is 15.1. The third-order valence-electron chi connectivity index (χ3n) is 4.58. The third kappa shape index (κ3) is 4.31. The highest BCUT2D eigenvalue weighted by atomic mass is 32.1.